The van der Waals surface area contributed by atoms with Gasteiger partial charge in [0.1, 0.15) is 5.75 Å². The molecule has 3 rings (SSSR count). The lowest BCUT2D eigenvalue weighted by Gasteiger charge is -2.29. The van der Waals surface area contributed by atoms with Crippen LogP contribution in [0.2, 0.25) is 5.02 Å². The number of hydrogen-bond donors (Lipinski definition) is 0. The lowest BCUT2D eigenvalue weighted by molar-refractivity contribution is -0.121. The van der Waals surface area contributed by atoms with Crippen LogP contribution in [0.4, 0.5) is 5.69 Å². The van der Waals surface area contributed by atoms with E-state index in [1.54, 1.807) is 30.0 Å². The number of carbonyl (C=O) groups excluding carboxylic acids is 2. The fraction of sp³-hybridized carbons (Fsp3) is 0.316. The molecule has 0 saturated heterocycles. The summed E-state index contributed by atoms with van der Waals surface area (Å²) in [7, 11) is 0. The van der Waals surface area contributed by atoms with Crippen molar-refractivity contribution in [3.63, 3.8) is 0 Å². The first-order chi connectivity index (χ1) is 12.4. The zero-order valence-electron chi connectivity index (χ0n) is 14.6. The van der Waals surface area contributed by atoms with E-state index in [0.29, 0.717) is 28.6 Å². The molecule has 1 aromatic carbocycles. The number of hydrogen-bond acceptors (Lipinski definition) is 4. The van der Waals surface area contributed by atoms with E-state index in [-0.39, 0.29) is 23.9 Å². The van der Waals surface area contributed by atoms with Gasteiger partial charge in [-0.1, -0.05) is 18.5 Å². The van der Waals surface area contributed by atoms with E-state index < -0.39 is 6.04 Å². The zero-order chi connectivity index (χ0) is 18.8. The van der Waals surface area contributed by atoms with Crippen LogP contribution >= 0.6 is 11.6 Å². The van der Waals surface area contributed by atoms with Gasteiger partial charge in [-0.15, -0.1) is 0 Å². The third kappa shape index (κ3) is 3.37. The summed E-state index contributed by atoms with van der Waals surface area (Å²) < 4.78 is 6.75. The molecule has 0 saturated carbocycles. The molecule has 7 heteroatoms. The highest BCUT2D eigenvalue weighted by atomic mass is 35.5. The maximum atomic E-state index is 12.9. The number of anilines is 1. The number of ether oxygens (including phenoxy) is 1. The number of Topliss-reactive ketones (excluding diaryl/α,β-unsaturated/α-hetero) is 1. The summed E-state index contributed by atoms with van der Waals surface area (Å²) in [5, 5.41) is 0.378. The summed E-state index contributed by atoms with van der Waals surface area (Å²) >= 11 is 5.94. The Hall–Kier alpha value is -2.60. The smallest absolute Gasteiger partial charge is 0.265 e. The summed E-state index contributed by atoms with van der Waals surface area (Å²) in [5.41, 5.74) is 0.682. The van der Waals surface area contributed by atoms with E-state index in [4.69, 9.17) is 16.3 Å². The summed E-state index contributed by atoms with van der Waals surface area (Å²) in [6, 6.07) is 7.07. The average molecular weight is 375 g/mol. The quantitative estimate of drug-likeness (QED) is 0.754. The van der Waals surface area contributed by atoms with Gasteiger partial charge >= 0.3 is 0 Å². The van der Waals surface area contributed by atoms with Crippen molar-refractivity contribution in [2.75, 3.05) is 18.1 Å². The largest absolute Gasteiger partial charge is 0.482 e. The Labute approximate surface area is 155 Å². The fourth-order valence-electron chi connectivity index (χ4n) is 2.97. The Morgan fingerprint density at radius 1 is 1.27 bits per heavy atom. The van der Waals surface area contributed by atoms with Crippen molar-refractivity contribution in [2.45, 2.75) is 26.3 Å². The van der Waals surface area contributed by atoms with Crippen molar-refractivity contribution in [1.29, 1.82) is 0 Å². The van der Waals surface area contributed by atoms with Crippen LogP contribution in [-0.2, 0) is 4.79 Å². The molecular formula is C19H19ClN2O4. The van der Waals surface area contributed by atoms with Crippen LogP contribution < -0.4 is 15.2 Å². The Balaban J connectivity index is 1.97. The van der Waals surface area contributed by atoms with Gasteiger partial charge in [-0.2, -0.15) is 0 Å². The lowest BCUT2D eigenvalue weighted by Crippen LogP contribution is -2.39. The molecular weight excluding hydrogens is 356 g/mol. The van der Waals surface area contributed by atoms with Crippen LogP contribution in [0.15, 0.2) is 41.3 Å². The highest BCUT2D eigenvalue weighted by Gasteiger charge is 2.27. The third-order valence-electron chi connectivity index (χ3n) is 4.33. The molecule has 1 amide bonds. The number of carbonyl (C=O) groups is 2. The fourth-order valence-corrected chi connectivity index (χ4v) is 3.14. The number of amides is 1. The number of pyridine rings is 1. The van der Waals surface area contributed by atoms with E-state index >= 15 is 0 Å². The molecule has 2 heterocycles. The van der Waals surface area contributed by atoms with E-state index in [0.717, 1.165) is 6.42 Å². The predicted octanol–water partition coefficient (Wildman–Crippen LogP) is 3.08. The van der Waals surface area contributed by atoms with Crippen LogP contribution in [0.1, 0.15) is 36.7 Å². The lowest BCUT2D eigenvalue weighted by atomic mass is 10.0. The summed E-state index contributed by atoms with van der Waals surface area (Å²) in [5.74, 6) is 0.192. The highest BCUT2D eigenvalue weighted by molar-refractivity contribution is 6.30. The Morgan fingerprint density at radius 2 is 2.04 bits per heavy atom. The molecule has 6 nitrogen and oxygen atoms in total. The monoisotopic (exact) mass is 374 g/mol. The van der Waals surface area contributed by atoms with Crippen LogP contribution in [0, 0.1) is 0 Å². The second kappa shape index (κ2) is 7.33. The summed E-state index contributed by atoms with van der Waals surface area (Å²) in [4.78, 5) is 38.7. The zero-order valence-corrected chi connectivity index (χ0v) is 15.3. The van der Waals surface area contributed by atoms with Crippen molar-refractivity contribution in [1.82, 2.24) is 4.57 Å². The molecule has 0 aliphatic carbocycles. The van der Waals surface area contributed by atoms with Gasteiger partial charge < -0.3 is 14.2 Å². The van der Waals surface area contributed by atoms with Gasteiger partial charge in [0.25, 0.3) is 11.5 Å². The molecule has 0 bridgehead atoms. The van der Waals surface area contributed by atoms with Crippen LogP contribution in [0.5, 0.6) is 5.75 Å². The van der Waals surface area contributed by atoms with Crippen LogP contribution in [0.25, 0.3) is 0 Å². The summed E-state index contributed by atoms with van der Waals surface area (Å²) in [6.45, 7) is 4.17. The maximum Gasteiger partial charge on any atom is 0.265 e. The first-order valence-electron chi connectivity index (χ1n) is 8.41. The van der Waals surface area contributed by atoms with Crippen LogP contribution in [0.3, 0.4) is 0 Å². The molecule has 1 aliphatic rings. The van der Waals surface area contributed by atoms with E-state index in [2.05, 4.69) is 0 Å². The standard InChI is InChI=1S/C19H19ClN2O4/c1-3-8-21-15-9-13(4-6-16(15)26-11-18(21)24)19(25)12(2)22-10-14(20)5-7-17(22)23/h4-7,9-10,12H,3,8,11H2,1-2H3. The van der Waals surface area contributed by atoms with E-state index in [1.807, 2.05) is 6.92 Å². The number of fused-ring (bicyclic) bond motifs is 1. The molecule has 0 radical (unpaired) electrons. The van der Waals surface area contributed by atoms with E-state index in [9.17, 15) is 14.4 Å². The molecule has 136 valence electrons. The van der Waals surface area contributed by atoms with Gasteiger partial charge in [-0.05, 0) is 37.6 Å². The summed E-state index contributed by atoms with van der Waals surface area (Å²) in [6.07, 6.45) is 2.23. The minimum atomic E-state index is -0.723. The Morgan fingerprint density at radius 3 is 2.77 bits per heavy atom. The molecule has 0 fully saturated rings. The van der Waals surface area contributed by atoms with Crippen molar-refractivity contribution < 1.29 is 14.3 Å². The number of benzene rings is 1. The predicted molar refractivity (Wildman–Crippen MR) is 99.3 cm³/mol. The Kier molecular flexibility index (Phi) is 5.13. The molecule has 0 N–H and O–H groups in total. The SMILES string of the molecule is CCCN1C(=O)COc2ccc(C(=O)C(C)n3cc(Cl)ccc3=O)cc21. The minimum Gasteiger partial charge on any atom is -0.482 e. The maximum absolute atomic E-state index is 12.9. The number of aromatic nitrogens is 1. The van der Waals surface area contributed by atoms with Gasteiger partial charge in [-0.25, -0.2) is 0 Å². The Bertz CT molecular complexity index is 922. The van der Waals surface area contributed by atoms with Crippen molar-refractivity contribution in [3.8, 4) is 5.75 Å². The topological polar surface area (TPSA) is 68.6 Å². The highest BCUT2D eigenvalue weighted by Crippen LogP contribution is 2.34. The molecule has 1 aromatic heterocycles. The van der Waals surface area contributed by atoms with Gasteiger partial charge in [0.15, 0.2) is 12.4 Å². The van der Waals surface area contributed by atoms with E-state index in [1.165, 1.54) is 22.9 Å². The first-order valence-corrected chi connectivity index (χ1v) is 8.79. The number of halogens is 1. The van der Waals surface area contributed by atoms with Gasteiger partial charge in [0.05, 0.1) is 16.8 Å². The number of ketones is 1. The third-order valence-corrected chi connectivity index (χ3v) is 4.56. The van der Waals surface area contributed by atoms with Crippen molar-refractivity contribution >= 4 is 29.0 Å². The number of nitrogens with zero attached hydrogens (tertiary/aromatic N) is 2. The molecule has 26 heavy (non-hydrogen) atoms. The minimum absolute atomic E-state index is 0.00535. The average Bonchev–Trinajstić information content (AvgIpc) is 2.64. The molecule has 1 unspecified atom stereocenters. The molecule has 1 aliphatic heterocycles. The second-order valence-electron chi connectivity index (χ2n) is 6.15. The molecule has 0 spiro atoms. The first kappa shape index (κ1) is 18.2. The van der Waals surface area contributed by atoms with Crippen molar-refractivity contribution in [3.05, 3.63) is 57.5 Å². The molecule has 1 atom stereocenters. The normalized spacial score (nSPS) is 14.6. The number of rotatable bonds is 5. The van der Waals surface area contributed by atoms with Gasteiger partial charge in [0, 0.05) is 24.4 Å². The van der Waals surface area contributed by atoms with Crippen LogP contribution in [-0.4, -0.2) is 29.4 Å². The van der Waals surface area contributed by atoms with Crippen molar-refractivity contribution in [2.24, 2.45) is 0 Å². The van der Waals surface area contributed by atoms with Gasteiger partial charge in [-0.3, -0.25) is 14.4 Å². The molecule has 2 aromatic rings. The second-order valence-corrected chi connectivity index (χ2v) is 6.59. The van der Waals surface area contributed by atoms with Gasteiger partial charge in [0.2, 0.25) is 0 Å².